The predicted molar refractivity (Wildman–Crippen MR) is 129 cm³/mol. The quantitative estimate of drug-likeness (QED) is 0.302. The van der Waals surface area contributed by atoms with Crippen molar-refractivity contribution in [2.45, 2.75) is 18.7 Å². The molecule has 2 heterocycles. The molecule has 160 valence electrons. The minimum absolute atomic E-state index is 0.147. The number of halogens is 1. The highest BCUT2D eigenvalue weighted by Crippen LogP contribution is 2.31. The van der Waals surface area contributed by atoms with Gasteiger partial charge in [0, 0.05) is 34.0 Å². The lowest BCUT2D eigenvalue weighted by atomic mass is 10.1. The second-order valence-electron chi connectivity index (χ2n) is 7.18. The molecule has 0 unspecified atom stereocenters. The first kappa shape index (κ1) is 20.6. The van der Waals surface area contributed by atoms with Crippen LogP contribution in [0.1, 0.15) is 6.92 Å². The molecule has 0 saturated carbocycles. The van der Waals surface area contributed by atoms with Crippen molar-refractivity contribution in [3.05, 3.63) is 71.8 Å². The maximum atomic E-state index is 12.5. The first-order valence-corrected chi connectivity index (χ1v) is 11.5. The van der Waals surface area contributed by atoms with Crippen molar-refractivity contribution in [1.29, 1.82) is 0 Å². The van der Waals surface area contributed by atoms with Gasteiger partial charge in [0.05, 0.1) is 16.3 Å². The Kier molecular flexibility index (Phi) is 5.59. The molecule has 0 fully saturated rings. The third-order valence-corrected chi connectivity index (χ3v) is 6.36. The number of hydrogen-bond donors (Lipinski definition) is 1. The number of aromatic nitrogens is 3. The third kappa shape index (κ3) is 3.85. The van der Waals surface area contributed by atoms with Crippen LogP contribution >= 0.6 is 23.4 Å². The van der Waals surface area contributed by atoms with Crippen molar-refractivity contribution >= 4 is 56.8 Å². The van der Waals surface area contributed by atoms with Gasteiger partial charge < -0.3 is 14.3 Å². The Hall–Kier alpha value is -3.29. The van der Waals surface area contributed by atoms with E-state index in [9.17, 15) is 4.79 Å². The molecule has 0 radical (unpaired) electrons. The number of rotatable bonds is 6. The summed E-state index contributed by atoms with van der Waals surface area (Å²) in [5, 5.41) is 14.1. The molecule has 6 nitrogen and oxygen atoms in total. The largest absolute Gasteiger partial charge is 0.411 e. The molecule has 5 aromatic rings. The van der Waals surface area contributed by atoms with Crippen LogP contribution in [0.25, 0.3) is 33.3 Å². The van der Waals surface area contributed by atoms with Gasteiger partial charge in [0.2, 0.25) is 11.8 Å². The third-order valence-electron chi connectivity index (χ3n) is 5.21. The maximum absolute atomic E-state index is 12.5. The Balaban J connectivity index is 1.30. The molecule has 0 aliphatic heterocycles. The van der Waals surface area contributed by atoms with Gasteiger partial charge in [-0.3, -0.25) is 4.79 Å². The van der Waals surface area contributed by atoms with Crippen molar-refractivity contribution in [2.75, 3.05) is 11.1 Å². The zero-order valence-electron chi connectivity index (χ0n) is 17.2. The average Bonchev–Trinajstić information content (AvgIpc) is 3.40. The Bertz CT molecular complexity index is 1440. The fourth-order valence-electron chi connectivity index (χ4n) is 3.81. The summed E-state index contributed by atoms with van der Waals surface area (Å²) in [6.45, 7) is 3.01. The van der Waals surface area contributed by atoms with Gasteiger partial charge in [-0.25, -0.2) is 0 Å². The van der Waals surface area contributed by atoms with E-state index in [0.29, 0.717) is 21.7 Å². The summed E-state index contributed by atoms with van der Waals surface area (Å²) >= 11 is 7.36. The van der Waals surface area contributed by atoms with E-state index in [1.165, 1.54) is 22.7 Å². The van der Waals surface area contributed by atoms with Gasteiger partial charge in [-0.05, 0) is 43.3 Å². The Morgan fingerprint density at radius 1 is 1.03 bits per heavy atom. The molecular weight excluding hydrogens is 444 g/mol. The first-order chi connectivity index (χ1) is 15.6. The zero-order valence-corrected chi connectivity index (χ0v) is 18.8. The molecule has 8 heteroatoms. The van der Waals surface area contributed by atoms with E-state index < -0.39 is 0 Å². The SMILES string of the molecule is CCn1c2ccccc2c2cc(NC(=O)CSc3nnc(-c4ccccc4Cl)o3)ccc21. The number of benzene rings is 3. The fourth-order valence-corrected chi connectivity index (χ4v) is 4.59. The topological polar surface area (TPSA) is 73.0 Å². The van der Waals surface area contributed by atoms with E-state index in [1.54, 1.807) is 6.07 Å². The number of thioether (sulfide) groups is 1. The van der Waals surface area contributed by atoms with Crippen LogP contribution < -0.4 is 5.32 Å². The first-order valence-electron chi connectivity index (χ1n) is 10.2. The molecule has 3 aromatic carbocycles. The zero-order chi connectivity index (χ0) is 22.1. The van der Waals surface area contributed by atoms with Crippen LogP contribution in [0.15, 0.2) is 76.4 Å². The Morgan fingerprint density at radius 2 is 1.81 bits per heavy atom. The minimum Gasteiger partial charge on any atom is -0.411 e. The molecule has 0 spiro atoms. The minimum atomic E-state index is -0.147. The monoisotopic (exact) mass is 462 g/mol. The number of fused-ring (bicyclic) bond motifs is 3. The molecule has 0 aliphatic rings. The van der Waals surface area contributed by atoms with Crippen molar-refractivity contribution in [3.63, 3.8) is 0 Å². The number of amides is 1. The van der Waals surface area contributed by atoms with Crippen LogP contribution in [0, 0.1) is 0 Å². The Morgan fingerprint density at radius 3 is 2.66 bits per heavy atom. The van der Waals surface area contributed by atoms with Crippen molar-refractivity contribution in [3.8, 4) is 11.5 Å². The summed E-state index contributed by atoms with van der Waals surface area (Å²) < 4.78 is 7.92. The van der Waals surface area contributed by atoms with Crippen LogP contribution in [-0.4, -0.2) is 26.4 Å². The van der Waals surface area contributed by atoms with E-state index in [-0.39, 0.29) is 11.7 Å². The molecule has 5 rings (SSSR count). The lowest BCUT2D eigenvalue weighted by molar-refractivity contribution is -0.113. The number of nitrogens with one attached hydrogen (secondary N) is 1. The van der Waals surface area contributed by atoms with Crippen LogP contribution in [0.4, 0.5) is 5.69 Å². The summed E-state index contributed by atoms with van der Waals surface area (Å²) in [6.07, 6.45) is 0. The predicted octanol–water partition coefficient (Wildman–Crippen LogP) is 6.25. The van der Waals surface area contributed by atoms with Gasteiger partial charge in [-0.1, -0.05) is 53.7 Å². The van der Waals surface area contributed by atoms with Crippen LogP contribution in [0.5, 0.6) is 0 Å². The van der Waals surface area contributed by atoms with E-state index in [4.69, 9.17) is 16.0 Å². The molecular formula is C24H19ClN4O2S. The molecule has 0 aliphatic carbocycles. The highest BCUT2D eigenvalue weighted by atomic mass is 35.5. The van der Waals surface area contributed by atoms with Gasteiger partial charge in [0.25, 0.3) is 5.22 Å². The van der Waals surface area contributed by atoms with Gasteiger partial charge >= 0.3 is 0 Å². The second-order valence-corrected chi connectivity index (χ2v) is 8.52. The van der Waals surface area contributed by atoms with Gasteiger partial charge in [-0.15, -0.1) is 10.2 Å². The Labute approximate surface area is 193 Å². The summed E-state index contributed by atoms with van der Waals surface area (Å²) in [5.74, 6) is 0.334. The number of nitrogens with zero attached hydrogens (tertiary/aromatic N) is 3. The van der Waals surface area contributed by atoms with E-state index in [1.807, 2.05) is 42.5 Å². The van der Waals surface area contributed by atoms with Crippen LogP contribution in [0.2, 0.25) is 5.02 Å². The van der Waals surface area contributed by atoms with Crippen LogP contribution in [0.3, 0.4) is 0 Å². The second kappa shape index (κ2) is 8.68. The van der Waals surface area contributed by atoms with Crippen molar-refractivity contribution in [2.24, 2.45) is 0 Å². The van der Waals surface area contributed by atoms with Crippen molar-refractivity contribution < 1.29 is 9.21 Å². The van der Waals surface area contributed by atoms with E-state index >= 15 is 0 Å². The standard InChI is InChI=1S/C24H19ClN4O2S/c1-2-29-20-10-6-4-7-16(20)18-13-15(11-12-21(18)29)26-22(30)14-32-24-28-27-23(31-24)17-8-3-5-9-19(17)25/h3-13H,2,14H2,1H3,(H,26,30). The van der Waals surface area contributed by atoms with Crippen LogP contribution in [-0.2, 0) is 11.3 Å². The number of carbonyl (C=O) groups excluding carboxylic acids is 1. The van der Waals surface area contributed by atoms with Gasteiger partial charge in [-0.2, -0.15) is 0 Å². The number of para-hydroxylation sites is 1. The summed E-state index contributed by atoms with van der Waals surface area (Å²) in [6, 6.07) is 21.6. The van der Waals surface area contributed by atoms with Crippen molar-refractivity contribution in [1.82, 2.24) is 14.8 Å². The normalized spacial score (nSPS) is 11.3. The lowest BCUT2D eigenvalue weighted by Gasteiger charge is -2.06. The average molecular weight is 463 g/mol. The molecule has 1 N–H and O–H groups in total. The number of carbonyl (C=O) groups is 1. The molecule has 0 atom stereocenters. The fraction of sp³-hybridized carbons (Fsp3) is 0.125. The summed E-state index contributed by atoms with van der Waals surface area (Å²) in [7, 11) is 0. The number of aryl methyl sites for hydroxylation is 1. The molecule has 2 aromatic heterocycles. The maximum Gasteiger partial charge on any atom is 0.277 e. The van der Waals surface area contributed by atoms with Gasteiger partial charge in [0.1, 0.15) is 0 Å². The summed E-state index contributed by atoms with van der Waals surface area (Å²) in [5.41, 5.74) is 3.76. The number of anilines is 1. The smallest absolute Gasteiger partial charge is 0.277 e. The number of hydrogen-bond acceptors (Lipinski definition) is 5. The lowest BCUT2D eigenvalue weighted by Crippen LogP contribution is -2.13. The molecule has 0 bridgehead atoms. The van der Waals surface area contributed by atoms with E-state index in [2.05, 4.69) is 45.2 Å². The molecule has 1 amide bonds. The molecule has 0 saturated heterocycles. The van der Waals surface area contributed by atoms with E-state index in [0.717, 1.165) is 23.1 Å². The highest BCUT2D eigenvalue weighted by molar-refractivity contribution is 7.99. The summed E-state index contributed by atoms with van der Waals surface area (Å²) in [4.78, 5) is 12.5. The molecule has 32 heavy (non-hydrogen) atoms. The highest BCUT2D eigenvalue weighted by Gasteiger charge is 2.14. The van der Waals surface area contributed by atoms with Gasteiger partial charge in [0.15, 0.2) is 0 Å².